The summed E-state index contributed by atoms with van der Waals surface area (Å²) < 4.78 is 88.7. The highest BCUT2D eigenvalue weighted by Gasteiger charge is 2.59. The zero-order valence-corrected chi connectivity index (χ0v) is 36.9. The van der Waals surface area contributed by atoms with Gasteiger partial charge in [0.15, 0.2) is 0 Å². The number of ether oxygens (including phenoxy) is 3. The molecule has 0 aliphatic heterocycles. The first-order chi connectivity index (χ1) is 31.8. The minimum Gasteiger partial charge on any atom is -0.395 e. The zero-order chi connectivity index (χ0) is 44.7. The second-order valence-corrected chi connectivity index (χ2v) is 17.9. The third kappa shape index (κ3) is 12.8. The molecular weight excluding hydrogens is 866 g/mol. The number of aliphatic hydroxyl groups is 1. The van der Waals surface area contributed by atoms with Crippen LogP contribution in [0.15, 0.2) is 212 Å². The number of hydrogen-bond acceptors (Lipinski definition) is 12. The van der Waals surface area contributed by atoms with Crippen LogP contribution in [0.3, 0.4) is 0 Å². The van der Waals surface area contributed by atoms with E-state index in [-0.39, 0.29) is 42.8 Å². The lowest BCUT2D eigenvalue weighted by molar-refractivity contribution is -0.254. The molecule has 1 fully saturated rings. The Kier molecular flexibility index (Phi) is 15.6. The topological polar surface area (TPSA) is 137 Å². The molecule has 14 heteroatoms. The van der Waals surface area contributed by atoms with E-state index in [1.807, 2.05) is 91.0 Å². The maximum Gasteiger partial charge on any atom is 0.588 e. The minimum atomic E-state index is -4.79. The van der Waals surface area contributed by atoms with E-state index in [1.54, 1.807) is 121 Å². The second kappa shape index (κ2) is 22.2. The van der Waals surface area contributed by atoms with Crippen molar-refractivity contribution in [2.45, 2.75) is 56.4 Å². The third-order valence-electron chi connectivity index (χ3n) is 10.2. The molecule has 1 N–H and O–H groups in total. The van der Waals surface area contributed by atoms with Crippen LogP contribution in [0.2, 0.25) is 0 Å². The van der Waals surface area contributed by atoms with E-state index in [0.717, 1.165) is 16.7 Å². The molecule has 65 heavy (non-hydrogen) atoms. The van der Waals surface area contributed by atoms with E-state index in [2.05, 4.69) is 0 Å². The summed E-state index contributed by atoms with van der Waals surface area (Å²) in [4.78, 5) is 0. The molecule has 8 rings (SSSR count). The van der Waals surface area contributed by atoms with Crippen LogP contribution in [0.5, 0.6) is 23.0 Å². The van der Waals surface area contributed by atoms with Crippen LogP contribution in [-0.4, -0.2) is 41.7 Å². The summed E-state index contributed by atoms with van der Waals surface area (Å²) in [6, 6.07) is 61.5. The Balaban J connectivity index is 1.27. The lowest BCUT2D eigenvalue weighted by Gasteiger charge is -2.48. The molecule has 0 saturated heterocycles. The Morgan fingerprint density at radius 2 is 0.554 bits per heavy atom. The van der Waals surface area contributed by atoms with Crippen molar-refractivity contribution in [1.29, 1.82) is 0 Å². The maximum atomic E-state index is 15.4. The summed E-state index contributed by atoms with van der Waals surface area (Å²) in [5, 5.41) is 12.8. The molecule has 7 aromatic carbocycles. The third-order valence-corrected chi connectivity index (χ3v) is 12.9. The fourth-order valence-electron chi connectivity index (χ4n) is 7.12. The van der Waals surface area contributed by atoms with Gasteiger partial charge in [0.1, 0.15) is 59.6 Å². The van der Waals surface area contributed by atoms with Crippen LogP contribution < -0.4 is 18.1 Å². The molecule has 0 bridgehead atoms. The molecule has 0 aromatic heterocycles. The number of hydrogen-bond donors (Lipinski definition) is 1. The van der Waals surface area contributed by atoms with Gasteiger partial charge in [0, 0.05) is 0 Å². The maximum absolute atomic E-state index is 15.4. The Hall–Kier alpha value is -6.04. The zero-order valence-electron chi connectivity index (χ0n) is 35.1. The van der Waals surface area contributed by atoms with Gasteiger partial charge in [-0.15, -0.1) is 0 Å². The van der Waals surface area contributed by atoms with Crippen LogP contribution in [0.1, 0.15) is 16.7 Å². The lowest BCUT2D eigenvalue weighted by Crippen LogP contribution is -2.66. The standard InChI is InChI=1S/C51H48O12P2/c52-46-47(55-36-39-22-8-1-9-23-39)50(62-64(53,58-42-28-14-4-15-29-42)59-43-30-16-5-17-31-43)49(57-38-41-26-12-3-13-27-41)51(48(46)56-37-40-24-10-2-11-25-40)63-65(54,60-44-32-18-6-19-33-44)61-45-34-20-7-21-35-45/h1-35,46-52H,36-38H2/t46-,47-,48+,49+,50+,51-. The van der Waals surface area contributed by atoms with E-state index in [4.69, 9.17) is 41.4 Å². The Bertz CT molecular complexity index is 2310. The SMILES string of the molecule is O=P(Oc1ccccc1)(Oc1ccccc1)O[C@@H]1[C@H](OCc2ccccc2)[C@H](OP(=O)(Oc2ccccc2)Oc2ccccc2)[C@@H](OCc2ccccc2)[C@H](O)[C@H]1OCc1ccccc1. The Morgan fingerprint density at radius 1 is 0.323 bits per heavy atom. The van der Waals surface area contributed by atoms with E-state index in [9.17, 15) is 5.11 Å². The normalized spacial score (nSPS) is 19.8. The van der Waals surface area contributed by atoms with Gasteiger partial charge in [-0.2, -0.15) is 0 Å². The predicted molar refractivity (Wildman–Crippen MR) is 244 cm³/mol. The molecule has 334 valence electrons. The Labute approximate surface area is 378 Å². The van der Waals surface area contributed by atoms with Crippen molar-refractivity contribution in [3.8, 4) is 23.0 Å². The molecule has 1 aliphatic carbocycles. The van der Waals surface area contributed by atoms with Gasteiger partial charge in [-0.1, -0.05) is 164 Å². The lowest BCUT2D eigenvalue weighted by atomic mass is 9.84. The fraction of sp³-hybridized carbons (Fsp3) is 0.176. The average molecular weight is 915 g/mol. The van der Waals surface area contributed by atoms with Gasteiger partial charge >= 0.3 is 15.6 Å². The van der Waals surface area contributed by atoms with Crippen molar-refractivity contribution in [2.75, 3.05) is 0 Å². The number of rotatable bonds is 21. The highest BCUT2D eigenvalue weighted by atomic mass is 31.2. The van der Waals surface area contributed by atoms with Crippen LogP contribution >= 0.6 is 15.6 Å². The molecule has 7 aromatic rings. The number of aliphatic hydroxyl groups excluding tert-OH is 1. The average Bonchev–Trinajstić information content (AvgIpc) is 3.33. The van der Waals surface area contributed by atoms with Crippen molar-refractivity contribution in [2.24, 2.45) is 0 Å². The molecular formula is C51H48O12P2. The quantitative estimate of drug-likeness (QED) is 0.0687. The first-order valence-electron chi connectivity index (χ1n) is 21.0. The van der Waals surface area contributed by atoms with Crippen LogP contribution in [0, 0.1) is 0 Å². The molecule has 1 aliphatic rings. The van der Waals surface area contributed by atoms with Gasteiger partial charge in [-0.3, -0.25) is 9.05 Å². The van der Waals surface area contributed by atoms with Crippen molar-refractivity contribution < 1.29 is 55.6 Å². The van der Waals surface area contributed by atoms with Gasteiger partial charge < -0.3 is 37.4 Å². The largest absolute Gasteiger partial charge is 0.588 e. The number of phosphoric ester groups is 2. The smallest absolute Gasteiger partial charge is 0.395 e. The minimum absolute atomic E-state index is 0.0269. The summed E-state index contributed by atoms with van der Waals surface area (Å²) in [5.41, 5.74) is 2.27. The molecule has 0 unspecified atom stereocenters. The molecule has 0 radical (unpaired) electrons. The van der Waals surface area contributed by atoms with E-state index >= 15 is 9.13 Å². The summed E-state index contributed by atoms with van der Waals surface area (Å²) in [5.74, 6) is 0.669. The van der Waals surface area contributed by atoms with Crippen molar-refractivity contribution in [1.82, 2.24) is 0 Å². The van der Waals surface area contributed by atoms with Gasteiger partial charge in [0.25, 0.3) is 0 Å². The molecule has 1 saturated carbocycles. The van der Waals surface area contributed by atoms with Gasteiger partial charge in [0.05, 0.1) is 19.8 Å². The van der Waals surface area contributed by atoms with Crippen molar-refractivity contribution in [3.63, 3.8) is 0 Å². The molecule has 0 amide bonds. The monoisotopic (exact) mass is 914 g/mol. The van der Waals surface area contributed by atoms with Gasteiger partial charge in [-0.25, -0.2) is 9.13 Å². The fourth-order valence-corrected chi connectivity index (χ4v) is 9.96. The number of phosphoric acid groups is 2. The summed E-state index contributed by atoms with van der Waals surface area (Å²) in [6.45, 7) is -0.118. The first kappa shape index (κ1) is 45.5. The van der Waals surface area contributed by atoms with Gasteiger partial charge in [0.2, 0.25) is 0 Å². The van der Waals surface area contributed by atoms with Crippen LogP contribution in [0.4, 0.5) is 0 Å². The number of para-hydroxylation sites is 4. The molecule has 0 spiro atoms. The Morgan fingerprint density at radius 3 is 0.815 bits per heavy atom. The van der Waals surface area contributed by atoms with Crippen LogP contribution in [0.25, 0.3) is 0 Å². The van der Waals surface area contributed by atoms with E-state index in [1.165, 1.54) is 0 Å². The number of benzene rings is 7. The highest BCUT2D eigenvalue weighted by Crippen LogP contribution is 2.56. The molecule has 0 heterocycles. The molecule has 6 atom stereocenters. The van der Waals surface area contributed by atoms with Crippen LogP contribution in [-0.2, 0) is 52.2 Å². The predicted octanol–water partition coefficient (Wildman–Crippen LogP) is 11.4. The molecule has 12 nitrogen and oxygen atoms in total. The summed E-state index contributed by atoms with van der Waals surface area (Å²) in [6.07, 6.45) is -8.95. The first-order valence-corrected chi connectivity index (χ1v) is 23.9. The van der Waals surface area contributed by atoms with Crippen molar-refractivity contribution in [3.05, 3.63) is 229 Å². The summed E-state index contributed by atoms with van der Waals surface area (Å²) >= 11 is 0. The van der Waals surface area contributed by atoms with E-state index in [0.29, 0.717) is 0 Å². The van der Waals surface area contributed by atoms with Crippen molar-refractivity contribution >= 4 is 15.6 Å². The summed E-state index contributed by atoms with van der Waals surface area (Å²) in [7, 11) is -9.59. The highest BCUT2D eigenvalue weighted by molar-refractivity contribution is 7.49. The van der Waals surface area contributed by atoms with E-state index < -0.39 is 52.3 Å². The van der Waals surface area contributed by atoms with Gasteiger partial charge in [-0.05, 0) is 65.2 Å². The second-order valence-electron chi connectivity index (χ2n) is 14.9.